The van der Waals surface area contributed by atoms with Crippen molar-refractivity contribution in [3.63, 3.8) is 0 Å². The fraction of sp³-hybridized carbons (Fsp3) is 0.333. The Bertz CT molecular complexity index is 584. The minimum atomic E-state index is -0.987. The van der Waals surface area contributed by atoms with E-state index in [1.165, 1.54) is 11.8 Å². The van der Waals surface area contributed by atoms with Gasteiger partial charge in [-0.3, -0.25) is 4.68 Å². The first-order valence-corrected chi connectivity index (χ1v) is 6.75. The van der Waals surface area contributed by atoms with Crippen molar-refractivity contribution in [1.82, 2.24) is 19.7 Å². The Labute approximate surface area is 114 Å². The Morgan fingerprint density at radius 3 is 2.84 bits per heavy atom. The molecule has 0 bridgehead atoms. The van der Waals surface area contributed by atoms with E-state index in [0.29, 0.717) is 28.8 Å². The molecule has 0 aliphatic carbocycles. The zero-order valence-electron chi connectivity index (χ0n) is 10.7. The highest BCUT2D eigenvalue weighted by molar-refractivity contribution is 7.99. The maximum atomic E-state index is 11.2. The zero-order chi connectivity index (χ0) is 13.8. The van der Waals surface area contributed by atoms with Crippen LogP contribution >= 0.6 is 11.8 Å². The number of carbonyl (C=O) groups is 1. The molecule has 0 aromatic carbocycles. The molecule has 2 heterocycles. The second-order valence-corrected chi connectivity index (χ2v) is 5.04. The lowest BCUT2D eigenvalue weighted by atomic mass is 10.2. The molecule has 2 rings (SSSR count). The van der Waals surface area contributed by atoms with Gasteiger partial charge in [-0.2, -0.15) is 5.10 Å². The number of hydrogen-bond acceptors (Lipinski definition) is 5. The number of aryl methyl sites for hydroxylation is 3. The molecule has 0 amide bonds. The lowest BCUT2D eigenvalue weighted by Gasteiger charge is -2.08. The SMILES string of the molecule is Cc1nc(C)c(C(=O)O)c(SCCn2cccn2)n1. The normalized spacial score (nSPS) is 10.6. The average molecular weight is 278 g/mol. The van der Waals surface area contributed by atoms with Crippen LogP contribution < -0.4 is 0 Å². The quantitative estimate of drug-likeness (QED) is 0.663. The van der Waals surface area contributed by atoms with Crippen LogP contribution in [0.3, 0.4) is 0 Å². The molecule has 2 aromatic rings. The lowest BCUT2D eigenvalue weighted by Crippen LogP contribution is -2.09. The number of hydrogen-bond donors (Lipinski definition) is 1. The van der Waals surface area contributed by atoms with Gasteiger partial charge in [0.15, 0.2) is 0 Å². The van der Waals surface area contributed by atoms with Crippen LogP contribution in [0.1, 0.15) is 21.9 Å². The number of carboxylic acids is 1. The van der Waals surface area contributed by atoms with Crippen LogP contribution in [0.2, 0.25) is 0 Å². The molecule has 100 valence electrons. The van der Waals surface area contributed by atoms with Crippen molar-refractivity contribution in [2.24, 2.45) is 0 Å². The summed E-state index contributed by atoms with van der Waals surface area (Å²) in [6.45, 7) is 4.16. The molecule has 0 spiro atoms. The highest BCUT2D eigenvalue weighted by atomic mass is 32.2. The Kier molecular flexibility index (Phi) is 4.16. The number of aromatic nitrogens is 4. The average Bonchev–Trinajstić information content (AvgIpc) is 2.80. The Morgan fingerprint density at radius 2 is 2.21 bits per heavy atom. The van der Waals surface area contributed by atoms with Crippen molar-refractivity contribution in [3.05, 3.63) is 35.5 Å². The van der Waals surface area contributed by atoms with E-state index in [4.69, 9.17) is 0 Å². The molecule has 2 aromatic heterocycles. The predicted octanol–water partition coefficient (Wildman–Crippen LogP) is 1.78. The van der Waals surface area contributed by atoms with Gasteiger partial charge in [-0.15, -0.1) is 11.8 Å². The standard InChI is InChI=1S/C12H14N4O2S/c1-8-10(12(17)18)11(15-9(2)14-8)19-7-6-16-5-3-4-13-16/h3-5H,6-7H2,1-2H3,(H,17,18). The molecule has 0 fully saturated rings. The van der Waals surface area contributed by atoms with Gasteiger partial charge in [0.05, 0.1) is 12.2 Å². The van der Waals surface area contributed by atoms with Gasteiger partial charge in [0.1, 0.15) is 16.4 Å². The molecule has 0 saturated heterocycles. The van der Waals surface area contributed by atoms with E-state index < -0.39 is 5.97 Å². The van der Waals surface area contributed by atoms with Gasteiger partial charge in [0.2, 0.25) is 0 Å². The topological polar surface area (TPSA) is 80.9 Å². The van der Waals surface area contributed by atoms with Crippen molar-refractivity contribution < 1.29 is 9.90 Å². The summed E-state index contributed by atoms with van der Waals surface area (Å²) < 4.78 is 1.80. The van der Waals surface area contributed by atoms with Crippen LogP contribution in [-0.4, -0.2) is 36.6 Å². The summed E-state index contributed by atoms with van der Waals surface area (Å²) in [6.07, 6.45) is 3.58. The third kappa shape index (κ3) is 3.31. The zero-order valence-corrected chi connectivity index (χ0v) is 11.5. The van der Waals surface area contributed by atoms with E-state index in [-0.39, 0.29) is 5.56 Å². The van der Waals surface area contributed by atoms with Crippen LogP contribution in [0.5, 0.6) is 0 Å². The second kappa shape index (κ2) is 5.83. The Hall–Kier alpha value is -1.89. The van der Waals surface area contributed by atoms with Crippen molar-refractivity contribution >= 4 is 17.7 Å². The molecular weight excluding hydrogens is 264 g/mol. The van der Waals surface area contributed by atoms with E-state index in [9.17, 15) is 9.90 Å². The van der Waals surface area contributed by atoms with Crippen LogP contribution in [-0.2, 0) is 6.54 Å². The summed E-state index contributed by atoms with van der Waals surface area (Å²) in [5, 5.41) is 13.8. The highest BCUT2D eigenvalue weighted by Gasteiger charge is 2.17. The molecule has 0 aliphatic heterocycles. The first-order valence-electron chi connectivity index (χ1n) is 5.76. The van der Waals surface area contributed by atoms with Gasteiger partial charge < -0.3 is 5.11 Å². The van der Waals surface area contributed by atoms with Crippen LogP contribution in [0.4, 0.5) is 0 Å². The summed E-state index contributed by atoms with van der Waals surface area (Å²) in [5.74, 6) is 0.306. The van der Waals surface area contributed by atoms with Gasteiger partial charge in [0.25, 0.3) is 0 Å². The number of aromatic carboxylic acids is 1. The van der Waals surface area contributed by atoms with Crippen LogP contribution in [0.25, 0.3) is 0 Å². The van der Waals surface area contributed by atoms with Crippen LogP contribution in [0.15, 0.2) is 23.5 Å². The Morgan fingerprint density at radius 1 is 1.42 bits per heavy atom. The van der Waals surface area contributed by atoms with E-state index >= 15 is 0 Å². The van der Waals surface area contributed by atoms with Crippen molar-refractivity contribution in [1.29, 1.82) is 0 Å². The molecular formula is C12H14N4O2S. The first kappa shape index (κ1) is 13.5. The molecule has 0 radical (unpaired) electrons. The maximum absolute atomic E-state index is 11.2. The summed E-state index contributed by atoms with van der Waals surface area (Å²) in [7, 11) is 0. The summed E-state index contributed by atoms with van der Waals surface area (Å²) in [6, 6.07) is 1.85. The minimum Gasteiger partial charge on any atom is -0.478 e. The van der Waals surface area contributed by atoms with Gasteiger partial charge in [0, 0.05) is 18.1 Å². The summed E-state index contributed by atoms with van der Waals surface area (Å²) in [5.41, 5.74) is 0.692. The molecule has 0 aliphatic rings. The lowest BCUT2D eigenvalue weighted by molar-refractivity contribution is 0.0690. The van der Waals surface area contributed by atoms with Crippen molar-refractivity contribution in [3.8, 4) is 0 Å². The molecule has 19 heavy (non-hydrogen) atoms. The molecule has 0 unspecified atom stereocenters. The predicted molar refractivity (Wildman–Crippen MR) is 71.4 cm³/mol. The molecule has 0 saturated carbocycles. The molecule has 0 atom stereocenters. The summed E-state index contributed by atoms with van der Waals surface area (Å²) >= 11 is 1.41. The van der Waals surface area contributed by atoms with Crippen molar-refractivity contribution in [2.45, 2.75) is 25.4 Å². The minimum absolute atomic E-state index is 0.191. The monoisotopic (exact) mass is 278 g/mol. The number of thioether (sulfide) groups is 1. The third-order valence-electron chi connectivity index (χ3n) is 2.50. The highest BCUT2D eigenvalue weighted by Crippen LogP contribution is 2.22. The van der Waals surface area contributed by atoms with Gasteiger partial charge >= 0.3 is 5.97 Å². The fourth-order valence-corrected chi connectivity index (χ4v) is 2.75. The fourth-order valence-electron chi connectivity index (χ4n) is 1.70. The Balaban J connectivity index is 2.12. The van der Waals surface area contributed by atoms with Gasteiger partial charge in [-0.1, -0.05) is 0 Å². The molecule has 7 heteroatoms. The molecule has 6 nitrogen and oxygen atoms in total. The van der Waals surface area contributed by atoms with E-state index in [1.807, 2.05) is 12.3 Å². The molecule has 1 N–H and O–H groups in total. The second-order valence-electron chi connectivity index (χ2n) is 3.96. The van der Waals surface area contributed by atoms with Crippen molar-refractivity contribution in [2.75, 3.05) is 5.75 Å². The largest absolute Gasteiger partial charge is 0.478 e. The number of carboxylic acid groups (broad SMARTS) is 1. The summed E-state index contributed by atoms with van der Waals surface area (Å²) in [4.78, 5) is 19.5. The van der Waals surface area contributed by atoms with Gasteiger partial charge in [-0.25, -0.2) is 14.8 Å². The number of nitrogens with zero attached hydrogens (tertiary/aromatic N) is 4. The van der Waals surface area contributed by atoms with E-state index in [1.54, 1.807) is 24.7 Å². The number of rotatable bonds is 5. The van der Waals surface area contributed by atoms with Gasteiger partial charge in [-0.05, 0) is 19.9 Å². The van der Waals surface area contributed by atoms with Crippen LogP contribution in [0, 0.1) is 13.8 Å². The maximum Gasteiger partial charge on any atom is 0.340 e. The third-order valence-corrected chi connectivity index (χ3v) is 3.46. The van der Waals surface area contributed by atoms with E-state index in [0.717, 1.165) is 0 Å². The smallest absolute Gasteiger partial charge is 0.340 e. The first-order chi connectivity index (χ1) is 9.08. The van der Waals surface area contributed by atoms with E-state index in [2.05, 4.69) is 15.1 Å².